The summed E-state index contributed by atoms with van der Waals surface area (Å²) in [5, 5.41) is 6.19. The first-order valence-electron chi connectivity index (χ1n) is 9.06. The van der Waals surface area contributed by atoms with Gasteiger partial charge in [0, 0.05) is 11.4 Å². The molecule has 2 amide bonds. The molecule has 1 aromatic heterocycles. The van der Waals surface area contributed by atoms with E-state index in [4.69, 9.17) is 14.2 Å². The Kier molecular flexibility index (Phi) is 6.41. The first-order valence-corrected chi connectivity index (χ1v) is 9.87. The second-order valence-corrected chi connectivity index (χ2v) is 7.48. The van der Waals surface area contributed by atoms with Crippen LogP contribution < -0.4 is 20.1 Å². The van der Waals surface area contributed by atoms with Crippen LogP contribution >= 0.6 is 11.3 Å². The summed E-state index contributed by atoms with van der Waals surface area (Å²) in [4.78, 5) is 25.6. The van der Waals surface area contributed by atoms with Gasteiger partial charge in [-0.3, -0.25) is 5.32 Å². The molecule has 0 spiro atoms. The van der Waals surface area contributed by atoms with Gasteiger partial charge in [0.25, 0.3) is 0 Å². The van der Waals surface area contributed by atoms with Gasteiger partial charge >= 0.3 is 12.0 Å². The average molecular weight is 404 g/mol. The molecule has 0 saturated carbocycles. The van der Waals surface area contributed by atoms with E-state index in [0.29, 0.717) is 35.0 Å². The summed E-state index contributed by atoms with van der Waals surface area (Å²) in [5.41, 5.74) is 2.52. The van der Waals surface area contributed by atoms with E-state index in [1.165, 1.54) is 18.4 Å². The smallest absolute Gasteiger partial charge is 0.341 e. The van der Waals surface area contributed by atoms with Crippen molar-refractivity contribution in [1.29, 1.82) is 0 Å². The van der Waals surface area contributed by atoms with Crippen molar-refractivity contribution in [2.24, 2.45) is 0 Å². The van der Waals surface area contributed by atoms with Gasteiger partial charge in [-0.15, -0.1) is 11.3 Å². The van der Waals surface area contributed by atoms with Crippen LogP contribution in [-0.4, -0.2) is 39.9 Å². The third kappa shape index (κ3) is 4.22. The Morgan fingerprint density at radius 3 is 2.61 bits per heavy atom. The number of esters is 1. The molecule has 0 unspecified atom stereocenters. The fourth-order valence-corrected chi connectivity index (χ4v) is 4.59. The van der Waals surface area contributed by atoms with Crippen LogP contribution in [0.25, 0.3) is 0 Å². The van der Waals surface area contributed by atoms with Gasteiger partial charge in [-0.1, -0.05) is 6.07 Å². The van der Waals surface area contributed by atoms with E-state index < -0.39 is 5.97 Å². The number of carbonyl (C=O) groups is 2. The van der Waals surface area contributed by atoms with E-state index >= 15 is 0 Å². The van der Waals surface area contributed by atoms with Gasteiger partial charge in [-0.2, -0.15) is 0 Å². The van der Waals surface area contributed by atoms with Gasteiger partial charge in [0.2, 0.25) is 0 Å². The molecule has 0 atom stereocenters. The van der Waals surface area contributed by atoms with Gasteiger partial charge in [-0.05, 0) is 48.9 Å². The number of hydrogen-bond acceptors (Lipinski definition) is 6. The minimum absolute atomic E-state index is 0.342. The molecule has 2 N–H and O–H groups in total. The summed E-state index contributed by atoms with van der Waals surface area (Å²) in [5.74, 6) is 0.915. The van der Waals surface area contributed by atoms with Crippen molar-refractivity contribution in [2.75, 3.05) is 33.2 Å². The van der Waals surface area contributed by atoms with E-state index in [-0.39, 0.29) is 6.03 Å². The average Bonchev–Trinajstić information content (AvgIpc) is 3.28. The number of methoxy groups -OCH3 is 3. The number of benzene rings is 1. The molecule has 0 fully saturated rings. The monoisotopic (exact) mass is 404 g/mol. The maximum Gasteiger partial charge on any atom is 0.341 e. The zero-order valence-electron chi connectivity index (χ0n) is 16.2. The van der Waals surface area contributed by atoms with Crippen LogP contribution in [0.5, 0.6) is 11.5 Å². The molecule has 0 radical (unpaired) electrons. The molecule has 28 heavy (non-hydrogen) atoms. The summed E-state index contributed by atoms with van der Waals surface area (Å²) in [6.45, 7) is 0.444. The maximum absolute atomic E-state index is 12.3. The fraction of sp³-hybridized carbons (Fsp3) is 0.400. The molecular weight excluding hydrogens is 380 g/mol. The summed E-state index contributed by atoms with van der Waals surface area (Å²) in [7, 11) is 4.53. The first-order chi connectivity index (χ1) is 13.6. The van der Waals surface area contributed by atoms with Crippen molar-refractivity contribution in [3.05, 3.63) is 39.8 Å². The SMILES string of the molecule is COC(=O)c1c(NC(=O)NCCc2ccc(OC)c(OC)c2)sc2c1CCC2. The summed E-state index contributed by atoms with van der Waals surface area (Å²) in [6.07, 6.45) is 3.45. The van der Waals surface area contributed by atoms with Crippen LogP contribution in [0.1, 0.15) is 32.8 Å². The Bertz CT molecular complexity index is 878. The van der Waals surface area contributed by atoms with Crippen molar-refractivity contribution >= 4 is 28.3 Å². The molecule has 0 saturated heterocycles. The molecule has 1 aliphatic rings. The molecular formula is C20H24N2O5S. The Hall–Kier alpha value is -2.74. The van der Waals surface area contributed by atoms with Crippen molar-refractivity contribution in [3.8, 4) is 11.5 Å². The van der Waals surface area contributed by atoms with Gasteiger partial charge in [-0.25, -0.2) is 9.59 Å². The summed E-state index contributed by atoms with van der Waals surface area (Å²) in [6, 6.07) is 5.31. The number of aryl methyl sites for hydroxylation is 1. The number of hydrogen-bond donors (Lipinski definition) is 2. The quantitative estimate of drug-likeness (QED) is 0.691. The number of urea groups is 1. The lowest BCUT2D eigenvalue weighted by atomic mass is 10.1. The second kappa shape index (κ2) is 8.97. The molecule has 1 aliphatic carbocycles. The second-order valence-electron chi connectivity index (χ2n) is 6.37. The highest BCUT2D eigenvalue weighted by molar-refractivity contribution is 7.17. The third-order valence-electron chi connectivity index (χ3n) is 4.69. The van der Waals surface area contributed by atoms with Gasteiger partial charge in [0.15, 0.2) is 11.5 Å². The Morgan fingerprint density at radius 1 is 1.11 bits per heavy atom. The van der Waals surface area contributed by atoms with Gasteiger partial charge < -0.3 is 19.5 Å². The molecule has 1 aromatic carbocycles. The zero-order valence-corrected chi connectivity index (χ0v) is 17.0. The number of ether oxygens (including phenoxy) is 3. The highest BCUT2D eigenvalue weighted by atomic mass is 32.1. The molecule has 7 nitrogen and oxygen atoms in total. The topological polar surface area (TPSA) is 85.9 Å². The number of carbonyl (C=O) groups excluding carboxylic acids is 2. The predicted octanol–water partition coefficient (Wildman–Crippen LogP) is 3.40. The summed E-state index contributed by atoms with van der Waals surface area (Å²) < 4.78 is 15.4. The number of rotatable bonds is 7. The van der Waals surface area contributed by atoms with Crippen molar-refractivity contribution < 1.29 is 23.8 Å². The van der Waals surface area contributed by atoms with Crippen molar-refractivity contribution in [3.63, 3.8) is 0 Å². The van der Waals surface area contributed by atoms with Crippen LogP contribution in [0.15, 0.2) is 18.2 Å². The van der Waals surface area contributed by atoms with E-state index in [9.17, 15) is 9.59 Å². The molecule has 0 bridgehead atoms. The Balaban J connectivity index is 1.59. The number of nitrogens with one attached hydrogen (secondary N) is 2. The summed E-state index contributed by atoms with van der Waals surface area (Å²) >= 11 is 1.46. The van der Waals surface area contributed by atoms with Gasteiger partial charge in [0.1, 0.15) is 5.00 Å². The van der Waals surface area contributed by atoms with Crippen LogP contribution in [-0.2, 0) is 24.0 Å². The molecule has 2 aromatic rings. The van der Waals surface area contributed by atoms with E-state index in [1.807, 2.05) is 18.2 Å². The van der Waals surface area contributed by atoms with Crippen molar-refractivity contribution in [1.82, 2.24) is 5.32 Å². The minimum atomic E-state index is -0.403. The molecule has 3 rings (SSSR count). The highest BCUT2D eigenvalue weighted by Gasteiger charge is 2.27. The maximum atomic E-state index is 12.3. The molecule has 8 heteroatoms. The fourth-order valence-electron chi connectivity index (χ4n) is 3.31. The lowest BCUT2D eigenvalue weighted by molar-refractivity contribution is 0.0601. The largest absolute Gasteiger partial charge is 0.493 e. The molecule has 0 aliphatic heterocycles. The number of anilines is 1. The van der Waals surface area contributed by atoms with E-state index in [1.54, 1.807) is 14.2 Å². The third-order valence-corrected chi connectivity index (χ3v) is 5.89. The normalized spacial score (nSPS) is 12.2. The van der Waals surface area contributed by atoms with E-state index in [0.717, 1.165) is 35.3 Å². The van der Waals surface area contributed by atoms with Crippen molar-refractivity contribution in [2.45, 2.75) is 25.7 Å². The minimum Gasteiger partial charge on any atom is -0.493 e. The lowest BCUT2D eigenvalue weighted by Crippen LogP contribution is -2.30. The van der Waals surface area contributed by atoms with Crippen LogP contribution in [0.2, 0.25) is 0 Å². The van der Waals surface area contributed by atoms with Crippen LogP contribution in [0.3, 0.4) is 0 Å². The number of thiophene rings is 1. The zero-order chi connectivity index (χ0) is 20.1. The van der Waals surface area contributed by atoms with Gasteiger partial charge in [0.05, 0.1) is 26.9 Å². The van der Waals surface area contributed by atoms with E-state index in [2.05, 4.69) is 10.6 Å². The lowest BCUT2D eigenvalue weighted by Gasteiger charge is -2.11. The first kappa shape index (κ1) is 20.0. The number of amides is 2. The Morgan fingerprint density at radius 2 is 1.89 bits per heavy atom. The molecule has 1 heterocycles. The number of fused-ring (bicyclic) bond motifs is 1. The molecule has 150 valence electrons. The standard InChI is InChI=1S/C20H24N2O5S/c1-25-14-8-7-12(11-15(14)26-2)9-10-21-20(24)22-18-17(19(23)27-3)13-5-4-6-16(13)28-18/h7-8,11H,4-6,9-10H2,1-3H3,(H2,21,22,24). The predicted molar refractivity (Wildman–Crippen MR) is 108 cm³/mol. The van der Waals surface area contributed by atoms with Crippen LogP contribution in [0, 0.1) is 0 Å². The van der Waals surface area contributed by atoms with Crippen LogP contribution in [0.4, 0.5) is 9.80 Å². The highest BCUT2D eigenvalue weighted by Crippen LogP contribution is 2.39. The Labute approximate surface area is 168 Å².